The van der Waals surface area contributed by atoms with Crippen LogP contribution in [0.1, 0.15) is 11.1 Å². The summed E-state index contributed by atoms with van der Waals surface area (Å²) >= 11 is 4.78. The summed E-state index contributed by atoms with van der Waals surface area (Å²) in [6, 6.07) is 8.28. The first-order chi connectivity index (χ1) is 9.90. The number of hydrogen-bond donors (Lipinski definition) is 1. The monoisotopic (exact) mass is 376 g/mol. The van der Waals surface area contributed by atoms with Gasteiger partial charge in [-0.1, -0.05) is 17.8 Å². The number of nitrogens with one attached hydrogen (secondary N) is 1. The fraction of sp³-hybridized carbons (Fsp3) is 0.214. The first-order valence-corrected chi connectivity index (χ1v) is 7.65. The van der Waals surface area contributed by atoms with Crippen LogP contribution in [-0.4, -0.2) is 12.0 Å². The van der Waals surface area contributed by atoms with E-state index in [-0.39, 0.29) is 0 Å². The van der Waals surface area contributed by atoms with Crippen molar-refractivity contribution < 1.29 is 13.2 Å². The predicted molar refractivity (Wildman–Crippen MR) is 80.3 cm³/mol. The van der Waals surface area contributed by atoms with E-state index in [1.807, 2.05) is 25.2 Å². The third-order valence-electron chi connectivity index (χ3n) is 2.66. The van der Waals surface area contributed by atoms with Crippen molar-refractivity contribution in [3.63, 3.8) is 0 Å². The van der Waals surface area contributed by atoms with Crippen molar-refractivity contribution in [2.45, 2.75) is 22.6 Å². The van der Waals surface area contributed by atoms with Gasteiger partial charge in [-0.25, -0.2) is 4.98 Å². The zero-order valence-electron chi connectivity index (χ0n) is 11.0. The van der Waals surface area contributed by atoms with E-state index < -0.39 is 11.7 Å². The molecule has 0 saturated heterocycles. The number of nitrogens with zero attached hydrogens (tertiary/aromatic N) is 1. The highest BCUT2D eigenvalue weighted by Gasteiger charge is 2.30. The maximum Gasteiger partial charge on any atom is 0.417 e. The largest absolute Gasteiger partial charge is 0.417 e. The Labute approximate surface area is 133 Å². The quantitative estimate of drug-likeness (QED) is 0.834. The molecular formula is C14H12BrF3N2S. The zero-order valence-corrected chi connectivity index (χ0v) is 13.4. The minimum Gasteiger partial charge on any atom is -0.316 e. The van der Waals surface area contributed by atoms with E-state index in [0.717, 1.165) is 33.7 Å². The summed E-state index contributed by atoms with van der Waals surface area (Å²) in [6.07, 6.45) is -3.50. The molecule has 0 bridgehead atoms. The van der Waals surface area contributed by atoms with Gasteiger partial charge in [0.05, 0.1) is 5.56 Å². The van der Waals surface area contributed by atoms with Crippen LogP contribution in [-0.2, 0) is 12.7 Å². The minimum atomic E-state index is -4.36. The van der Waals surface area contributed by atoms with Gasteiger partial charge in [0.1, 0.15) is 5.03 Å². The number of aromatic nitrogens is 1. The van der Waals surface area contributed by atoms with Gasteiger partial charge in [-0.3, -0.25) is 0 Å². The third-order valence-corrected chi connectivity index (χ3v) is 4.60. The van der Waals surface area contributed by atoms with E-state index in [2.05, 4.69) is 26.2 Å². The molecule has 0 saturated carbocycles. The van der Waals surface area contributed by atoms with Gasteiger partial charge in [0.25, 0.3) is 0 Å². The van der Waals surface area contributed by atoms with Gasteiger partial charge in [0, 0.05) is 22.1 Å². The molecule has 0 atom stereocenters. The van der Waals surface area contributed by atoms with Crippen LogP contribution in [0.4, 0.5) is 13.2 Å². The molecule has 0 spiro atoms. The molecule has 0 fully saturated rings. The van der Waals surface area contributed by atoms with Gasteiger partial charge in [-0.15, -0.1) is 0 Å². The first-order valence-electron chi connectivity index (χ1n) is 6.04. The molecule has 1 aromatic heterocycles. The highest BCUT2D eigenvalue weighted by atomic mass is 79.9. The van der Waals surface area contributed by atoms with Gasteiger partial charge in [-0.2, -0.15) is 13.2 Å². The summed E-state index contributed by atoms with van der Waals surface area (Å²) < 4.78 is 38.3. The van der Waals surface area contributed by atoms with Gasteiger partial charge in [0.2, 0.25) is 0 Å². The summed E-state index contributed by atoms with van der Waals surface area (Å²) in [6.45, 7) is 0.752. The molecule has 21 heavy (non-hydrogen) atoms. The Morgan fingerprint density at radius 1 is 1.24 bits per heavy atom. The van der Waals surface area contributed by atoms with Crippen LogP contribution in [0.5, 0.6) is 0 Å². The lowest BCUT2D eigenvalue weighted by molar-refractivity contribution is -0.137. The fourth-order valence-corrected chi connectivity index (χ4v) is 3.09. The van der Waals surface area contributed by atoms with Crippen LogP contribution in [0.3, 0.4) is 0 Å². The molecule has 0 aliphatic rings. The van der Waals surface area contributed by atoms with Crippen molar-refractivity contribution in [2.75, 3.05) is 7.05 Å². The summed E-state index contributed by atoms with van der Waals surface area (Å²) in [5, 5.41) is 3.57. The van der Waals surface area contributed by atoms with Crippen LogP contribution in [0, 0.1) is 0 Å². The number of benzene rings is 1. The number of hydrogen-bond acceptors (Lipinski definition) is 3. The Balaban J connectivity index is 2.15. The van der Waals surface area contributed by atoms with E-state index >= 15 is 0 Å². The highest BCUT2D eigenvalue weighted by Crippen LogP contribution is 2.34. The molecule has 0 aliphatic heterocycles. The Hall–Kier alpha value is -1.05. The van der Waals surface area contributed by atoms with E-state index in [0.29, 0.717) is 5.03 Å². The van der Waals surface area contributed by atoms with Crippen molar-refractivity contribution in [3.8, 4) is 0 Å². The van der Waals surface area contributed by atoms with Crippen molar-refractivity contribution in [3.05, 3.63) is 52.1 Å². The molecule has 0 unspecified atom stereocenters. The number of alkyl halides is 3. The van der Waals surface area contributed by atoms with Crippen molar-refractivity contribution in [1.29, 1.82) is 0 Å². The Morgan fingerprint density at radius 2 is 2.00 bits per heavy atom. The number of halogens is 4. The average molecular weight is 377 g/mol. The van der Waals surface area contributed by atoms with Crippen molar-refractivity contribution >= 4 is 27.7 Å². The summed E-state index contributed by atoms with van der Waals surface area (Å²) in [7, 11) is 1.86. The Kier molecular flexibility index (Phi) is 5.29. The maximum absolute atomic E-state index is 12.5. The topological polar surface area (TPSA) is 24.9 Å². The lowest BCUT2D eigenvalue weighted by Gasteiger charge is -2.08. The molecule has 7 heteroatoms. The molecule has 2 nitrogen and oxygen atoms in total. The molecular weight excluding hydrogens is 365 g/mol. The van der Waals surface area contributed by atoms with E-state index in [4.69, 9.17) is 0 Å². The number of pyridine rings is 1. The molecule has 1 N–H and O–H groups in total. The van der Waals surface area contributed by atoms with Gasteiger partial charge >= 0.3 is 6.18 Å². The molecule has 112 valence electrons. The molecule has 1 heterocycles. The Bertz CT molecular complexity index is 615. The molecule has 1 aromatic carbocycles. The smallest absolute Gasteiger partial charge is 0.316 e. The maximum atomic E-state index is 12.5. The van der Waals surface area contributed by atoms with E-state index in [9.17, 15) is 13.2 Å². The second-order valence-electron chi connectivity index (χ2n) is 4.28. The van der Waals surface area contributed by atoms with Gasteiger partial charge in [-0.05, 0) is 52.8 Å². The third kappa shape index (κ3) is 4.46. The lowest BCUT2D eigenvalue weighted by Crippen LogP contribution is -2.05. The normalized spacial score (nSPS) is 11.7. The zero-order chi connectivity index (χ0) is 15.5. The van der Waals surface area contributed by atoms with Crippen LogP contribution in [0.2, 0.25) is 0 Å². The summed E-state index contributed by atoms with van der Waals surface area (Å²) in [4.78, 5) is 4.75. The van der Waals surface area contributed by atoms with E-state index in [1.165, 1.54) is 17.8 Å². The van der Waals surface area contributed by atoms with Crippen LogP contribution in [0.25, 0.3) is 0 Å². The van der Waals surface area contributed by atoms with E-state index in [1.54, 1.807) is 0 Å². The second-order valence-corrected chi connectivity index (χ2v) is 6.20. The fourth-order valence-electron chi connectivity index (χ4n) is 1.66. The first kappa shape index (κ1) is 16.3. The average Bonchev–Trinajstić information content (AvgIpc) is 2.42. The van der Waals surface area contributed by atoms with Crippen LogP contribution in [0.15, 0.2) is 50.9 Å². The molecule has 0 radical (unpaired) electrons. The highest BCUT2D eigenvalue weighted by molar-refractivity contribution is 9.10. The summed E-state index contributed by atoms with van der Waals surface area (Å²) in [5.41, 5.74) is 0.379. The molecule has 2 rings (SSSR count). The molecule has 0 amide bonds. The minimum absolute atomic E-state index is 0.519. The second kappa shape index (κ2) is 6.81. The SMILES string of the molecule is CNCc1ccc(Sc2ccc(C(F)(F)F)cn2)c(Br)c1. The number of rotatable bonds is 4. The standard InChI is InChI=1S/C14H12BrF3N2S/c1-19-7-9-2-4-12(11(15)6-9)21-13-5-3-10(8-20-13)14(16,17)18/h2-6,8,19H,7H2,1H3. The molecule has 2 aromatic rings. The van der Waals surface area contributed by atoms with Crippen LogP contribution >= 0.6 is 27.7 Å². The van der Waals surface area contributed by atoms with Crippen molar-refractivity contribution in [2.24, 2.45) is 0 Å². The van der Waals surface area contributed by atoms with Gasteiger partial charge < -0.3 is 5.32 Å². The van der Waals surface area contributed by atoms with Crippen molar-refractivity contribution in [1.82, 2.24) is 10.3 Å². The summed E-state index contributed by atoms with van der Waals surface area (Å²) in [5.74, 6) is 0. The predicted octanol–water partition coefficient (Wildman–Crippen LogP) is 4.73. The molecule has 0 aliphatic carbocycles. The van der Waals surface area contributed by atoms with Gasteiger partial charge in [0.15, 0.2) is 0 Å². The lowest BCUT2D eigenvalue weighted by atomic mass is 10.2. The van der Waals surface area contributed by atoms with Crippen LogP contribution < -0.4 is 5.32 Å². The Morgan fingerprint density at radius 3 is 2.52 bits per heavy atom.